The van der Waals surface area contributed by atoms with E-state index in [9.17, 15) is 44.7 Å². The van der Waals surface area contributed by atoms with Gasteiger partial charge in [-0.3, -0.25) is 9.59 Å². The Morgan fingerprint density at radius 3 is 2.15 bits per heavy atom. The molecule has 2 atom stereocenters. The predicted molar refractivity (Wildman–Crippen MR) is 283 cm³/mol. The van der Waals surface area contributed by atoms with Crippen LogP contribution in [0.25, 0.3) is 11.1 Å². The molecule has 1 fully saturated rings. The Morgan fingerprint density at radius 1 is 0.836 bits per heavy atom. The summed E-state index contributed by atoms with van der Waals surface area (Å²) in [6.07, 6.45) is 7.06. The number of piperidine rings is 1. The smallest absolute Gasteiger partial charge is 0.466 e. The molecule has 1 unspecified atom stereocenters. The van der Waals surface area contributed by atoms with Crippen molar-refractivity contribution in [1.82, 2.24) is 9.62 Å². The number of sulfonamides is 1. The maximum absolute atomic E-state index is 14.3. The van der Waals surface area contributed by atoms with Crippen molar-refractivity contribution in [1.29, 1.82) is 0 Å². The van der Waals surface area contributed by atoms with Crippen molar-refractivity contribution in [3.05, 3.63) is 137 Å². The number of unbranched alkanes of at least 4 members (excludes halogenated alkanes) is 5. The zero-order valence-corrected chi connectivity index (χ0v) is 44.2. The number of amides is 1. The van der Waals surface area contributed by atoms with E-state index in [-0.39, 0.29) is 17.5 Å². The summed E-state index contributed by atoms with van der Waals surface area (Å²) in [5, 5.41) is 15.2. The van der Waals surface area contributed by atoms with E-state index < -0.39 is 58.9 Å². The monoisotopic (exact) mass is 1080 g/mol. The third-order valence-corrected chi connectivity index (χ3v) is 17.2. The Labute approximate surface area is 437 Å². The quantitative estimate of drug-likeness (QED) is 0.0273. The number of benzene rings is 5. The van der Waals surface area contributed by atoms with Crippen molar-refractivity contribution < 1.29 is 49.4 Å². The molecular formula is C54H64ClF3N4O8S3. The van der Waals surface area contributed by atoms with Gasteiger partial charge < -0.3 is 25.0 Å². The summed E-state index contributed by atoms with van der Waals surface area (Å²) in [6, 6.07) is 32.5. The van der Waals surface area contributed by atoms with Gasteiger partial charge in [-0.05, 0) is 149 Å². The number of rotatable bonds is 26. The number of hydrogen-bond donors (Lipinski definition) is 3. The van der Waals surface area contributed by atoms with E-state index in [4.69, 9.17) is 16.3 Å². The molecular weight excluding hydrogens is 1020 g/mol. The van der Waals surface area contributed by atoms with Crippen LogP contribution in [-0.2, 0) is 29.4 Å². The number of alkyl halides is 3. The van der Waals surface area contributed by atoms with Crippen LogP contribution >= 0.6 is 23.4 Å². The molecule has 3 N–H and O–H groups in total. The lowest BCUT2D eigenvalue weighted by atomic mass is 9.84. The van der Waals surface area contributed by atoms with Gasteiger partial charge in [0, 0.05) is 52.5 Å². The first-order valence-corrected chi connectivity index (χ1v) is 28.9. The number of nitrogens with one attached hydrogen (secondary N) is 2. The first-order chi connectivity index (χ1) is 34.9. The molecule has 0 radical (unpaired) electrons. The second-order valence-electron chi connectivity index (χ2n) is 18.2. The van der Waals surface area contributed by atoms with Crippen molar-refractivity contribution in [3.63, 3.8) is 0 Å². The fourth-order valence-corrected chi connectivity index (χ4v) is 11.9. The number of aliphatic hydroxyl groups is 1. The normalized spacial score (nSPS) is 14.4. The number of sulfone groups is 1. The van der Waals surface area contributed by atoms with Crippen LogP contribution in [0, 0.1) is 5.92 Å². The summed E-state index contributed by atoms with van der Waals surface area (Å²) in [7, 11) is -9.06. The molecule has 0 saturated carbocycles. The lowest BCUT2D eigenvalue weighted by molar-refractivity contribution is -0.143. The number of anilines is 2. The van der Waals surface area contributed by atoms with Gasteiger partial charge >= 0.3 is 11.5 Å². The van der Waals surface area contributed by atoms with Crippen molar-refractivity contribution >= 4 is 66.5 Å². The summed E-state index contributed by atoms with van der Waals surface area (Å²) in [5.74, 6) is -0.933. The highest BCUT2D eigenvalue weighted by Gasteiger charge is 2.48. The third kappa shape index (κ3) is 16.4. The van der Waals surface area contributed by atoms with Crippen LogP contribution in [0.15, 0.2) is 136 Å². The van der Waals surface area contributed by atoms with Gasteiger partial charge in [-0.1, -0.05) is 91.9 Å². The molecule has 0 aliphatic carbocycles. The van der Waals surface area contributed by atoms with Crippen LogP contribution in [0.1, 0.15) is 93.2 Å². The highest BCUT2D eigenvalue weighted by molar-refractivity contribution is 7.99. The van der Waals surface area contributed by atoms with Crippen LogP contribution in [0.3, 0.4) is 0 Å². The molecule has 73 heavy (non-hydrogen) atoms. The fourth-order valence-electron chi connectivity index (χ4n) is 8.78. The Balaban J connectivity index is 1.08. The van der Waals surface area contributed by atoms with E-state index in [1.54, 1.807) is 19.1 Å². The summed E-state index contributed by atoms with van der Waals surface area (Å²) in [4.78, 5) is 27.9. The van der Waals surface area contributed by atoms with Crippen LogP contribution in [0.5, 0.6) is 0 Å². The van der Waals surface area contributed by atoms with E-state index in [0.717, 1.165) is 84.5 Å². The molecule has 394 valence electrons. The number of esters is 1. The largest absolute Gasteiger partial charge is 0.501 e. The number of nitrogens with zero attached hydrogens (tertiary/aromatic N) is 2. The minimum Gasteiger partial charge on any atom is -0.466 e. The van der Waals surface area contributed by atoms with Crippen molar-refractivity contribution in [2.24, 2.45) is 5.92 Å². The first kappa shape index (κ1) is 57.2. The Hall–Kier alpha value is -5.11. The molecule has 0 spiro atoms. The highest BCUT2D eigenvalue weighted by atomic mass is 35.5. The number of thioether (sulfide) groups is 1. The molecule has 0 aromatic heterocycles. The van der Waals surface area contributed by atoms with Gasteiger partial charge in [-0.15, -0.1) is 11.8 Å². The molecule has 5 aromatic carbocycles. The molecule has 1 amide bonds. The number of carbonyl (C=O) groups is 2. The summed E-state index contributed by atoms with van der Waals surface area (Å²) >= 11 is 7.55. The number of ether oxygens (including phenoxy) is 1. The third-order valence-electron chi connectivity index (χ3n) is 12.9. The lowest BCUT2D eigenvalue weighted by Crippen LogP contribution is -2.36. The Morgan fingerprint density at radius 2 is 1.48 bits per heavy atom. The molecule has 1 saturated heterocycles. The highest BCUT2D eigenvalue weighted by Crippen LogP contribution is 2.39. The SMILES string of the molecule is CCOC(=O)CCCCCCCCN(C)CCC(CSc1ccccc1)Nc1ccc(S(=O)(=O)NC(=O)c2ccc(N3CCC([C@@H](O)c4ccccc4-c4ccc(Cl)cc4)CC3)cc2)cc1S(=O)(=O)C(F)(F)F. The van der Waals surface area contributed by atoms with Crippen LogP contribution < -0.4 is 14.9 Å². The topological polar surface area (TPSA) is 162 Å². The number of carbonyl (C=O) groups excluding carboxylic acids is 2. The molecule has 1 heterocycles. The van der Waals surface area contributed by atoms with Gasteiger partial charge in [0.1, 0.15) is 4.90 Å². The van der Waals surface area contributed by atoms with E-state index in [2.05, 4.69) is 15.1 Å². The molecule has 0 bridgehead atoms. The lowest BCUT2D eigenvalue weighted by Gasteiger charge is -2.36. The van der Waals surface area contributed by atoms with E-state index in [1.165, 1.54) is 23.9 Å². The summed E-state index contributed by atoms with van der Waals surface area (Å²) in [5.41, 5.74) is -2.79. The Bertz CT molecular complexity index is 2800. The van der Waals surface area contributed by atoms with Gasteiger partial charge in [0.2, 0.25) is 0 Å². The van der Waals surface area contributed by atoms with Gasteiger partial charge in [-0.2, -0.15) is 13.2 Å². The number of hydrogen-bond acceptors (Lipinski definition) is 12. The first-order valence-electron chi connectivity index (χ1n) is 24.6. The number of halogens is 4. The standard InChI is InChI=1S/C54H64ClF3N4O8S3/c1-3-70-51(63)19-11-6-4-5-7-14-33-61(2)34-32-43(38-71-45-15-9-8-10-16-45)59-49-29-28-46(37-50(49)72(66,67)54(56,57)58)73(68,69)60-53(65)41-22-26-44(27-23-41)62-35-30-40(31-36-62)52(64)48-18-13-12-17-47(48)39-20-24-42(55)25-21-39/h8-10,12-13,15-18,20-29,37,40,43,52,59,64H,3-7,11,14,19,30-36,38H2,1-2H3,(H,60,65)/t43?,52-/m1/s1. The maximum atomic E-state index is 14.3. The van der Waals surface area contributed by atoms with Crippen molar-refractivity contribution in [2.45, 2.75) is 103 Å². The molecule has 5 aromatic rings. The minimum atomic E-state index is -6.10. The van der Waals surface area contributed by atoms with Gasteiger partial charge in [0.05, 0.1) is 23.3 Å². The summed E-state index contributed by atoms with van der Waals surface area (Å²) in [6.45, 7) is 4.64. The second kappa shape index (κ2) is 26.9. The average Bonchev–Trinajstić information content (AvgIpc) is 3.38. The van der Waals surface area contributed by atoms with E-state index >= 15 is 0 Å². The second-order valence-corrected chi connectivity index (χ2v) is 23.3. The predicted octanol–water partition coefficient (Wildman–Crippen LogP) is 11.6. The number of aliphatic hydroxyl groups excluding tert-OH is 1. The zero-order chi connectivity index (χ0) is 52.6. The molecule has 12 nitrogen and oxygen atoms in total. The molecule has 19 heteroatoms. The zero-order valence-electron chi connectivity index (χ0n) is 41.0. The van der Waals surface area contributed by atoms with Crippen LogP contribution in [0.4, 0.5) is 24.5 Å². The summed E-state index contributed by atoms with van der Waals surface area (Å²) < 4.78 is 103. The van der Waals surface area contributed by atoms with E-state index in [0.29, 0.717) is 68.8 Å². The van der Waals surface area contributed by atoms with Crippen molar-refractivity contribution in [2.75, 3.05) is 55.8 Å². The van der Waals surface area contributed by atoms with Crippen LogP contribution in [-0.4, -0.2) is 95.9 Å². The van der Waals surface area contributed by atoms with E-state index in [1.807, 2.05) is 90.6 Å². The molecule has 1 aliphatic rings. The van der Waals surface area contributed by atoms with Crippen molar-refractivity contribution in [3.8, 4) is 11.1 Å². The molecule has 1 aliphatic heterocycles. The Kier molecular flexibility index (Phi) is 21.1. The maximum Gasteiger partial charge on any atom is 0.501 e. The fraction of sp³-hybridized carbons (Fsp3) is 0.407. The van der Waals surface area contributed by atoms with Gasteiger partial charge in [0.15, 0.2) is 0 Å². The molecule has 6 rings (SSSR count). The average molecular weight is 1090 g/mol. The van der Waals surface area contributed by atoms with Gasteiger partial charge in [0.25, 0.3) is 25.8 Å². The van der Waals surface area contributed by atoms with Gasteiger partial charge in [-0.25, -0.2) is 21.6 Å². The minimum absolute atomic E-state index is 0.0250. The van der Waals surface area contributed by atoms with Crippen LogP contribution in [0.2, 0.25) is 5.02 Å².